The Morgan fingerprint density at radius 2 is 1.85 bits per heavy atom. The van der Waals surface area contributed by atoms with Crippen LogP contribution >= 0.6 is 0 Å². The van der Waals surface area contributed by atoms with Gasteiger partial charge in [0, 0.05) is 26.6 Å². The Balaban J connectivity index is 2.40. The van der Waals surface area contributed by atoms with Gasteiger partial charge in [0.1, 0.15) is 29.9 Å². The third-order valence-corrected chi connectivity index (χ3v) is 4.79. The molecule has 5 atom stereocenters. The van der Waals surface area contributed by atoms with E-state index in [1.165, 1.54) is 20.0 Å². The summed E-state index contributed by atoms with van der Waals surface area (Å²) in [5.74, 6) is -3.66. The Kier molecular flexibility index (Phi) is 8.68. The molecule has 0 saturated carbocycles. The molecule has 8 N–H and O–H groups in total. The number of rotatable bonds is 8. The fourth-order valence-corrected chi connectivity index (χ4v) is 3.37. The second-order valence-electron chi connectivity index (χ2n) is 7.56. The van der Waals surface area contributed by atoms with E-state index >= 15 is 0 Å². The highest BCUT2D eigenvalue weighted by atomic mass is 19.1. The second kappa shape index (κ2) is 11.0. The van der Waals surface area contributed by atoms with Gasteiger partial charge in [-0.2, -0.15) is 0 Å². The Hall–Kier alpha value is -3.29. The Morgan fingerprint density at radius 3 is 2.36 bits per heavy atom. The number of nitrogens with two attached hydrogens (primary N) is 2. The molecule has 0 aromatic heterocycles. The molecule has 1 aromatic carbocycles. The number of hydrogen-bond acceptors (Lipinski definition) is 7. The summed E-state index contributed by atoms with van der Waals surface area (Å²) in [7, 11) is 1.35. The van der Waals surface area contributed by atoms with Crippen LogP contribution in [0, 0.1) is 11.6 Å². The number of guanidine groups is 1. The van der Waals surface area contributed by atoms with Gasteiger partial charge in [0.05, 0.1) is 18.7 Å². The van der Waals surface area contributed by atoms with Crippen LogP contribution in [-0.4, -0.2) is 82.0 Å². The van der Waals surface area contributed by atoms with Crippen molar-refractivity contribution in [3.8, 4) is 0 Å². The summed E-state index contributed by atoms with van der Waals surface area (Å²) in [6, 6.07) is 0.611. The van der Waals surface area contributed by atoms with Crippen LogP contribution in [0.25, 0.3) is 0 Å². The summed E-state index contributed by atoms with van der Waals surface area (Å²) in [6.45, 7) is 0.163. The van der Waals surface area contributed by atoms with Crippen LogP contribution in [-0.2, 0) is 20.9 Å². The molecule has 1 heterocycles. The predicted molar refractivity (Wildman–Crippen MR) is 112 cm³/mol. The van der Waals surface area contributed by atoms with Crippen LogP contribution in [0.1, 0.15) is 12.5 Å². The molecule has 2 amide bonds. The summed E-state index contributed by atoms with van der Waals surface area (Å²) in [5.41, 5.74) is 11.1. The molecule has 0 unspecified atom stereocenters. The zero-order valence-corrected chi connectivity index (χ0v) is 18.0. The first-order valence-electron chi connectivity index (χ1n) is 9.84. The van der Waals surface area contributed by atoms with Gasteiger partial charge in [0.25, 0.3) is 5.91 Å². The van der Waals surface area contributed by atoms with E-state index in [-0.39, 0.29) is 23.8 Å². The van der Waals surface area contributed by atoms with Crippen LogP contribution in [0.5, 0.6) is 0 Å². The first-order valence-corrected chi connectivity index (χ1v) is 9.84. The number of aliphatic imine (C=N–C) groups is 1. The SMILES string of the molecule is CC(=O)N[C@H]1[C@H]([C@H](O)[C@H](O)CO)OC(C(=O)N(C)Cc2cc(F)cc(F)c2)=C[C@@H]1N=C(N)N. The first kappa shape index (κ1) is 26.0. The number of hydrogen-bond donors (Lipinski definition) is 6. The van der Waals surface area contributed by atoms with Gasteiger partial charge in [-0.1, -0.05) is 0 Å². The highest BCUT2D eigenvalue weighted by Gasteiger charge is 2.44. The lowest BCUT2D eigenvalue weighted by Crippen LogP contribution is -2.60. The fourth-order valence-electron chi connectivity index (χ4n) is 3.37. The lowest BCUT2D eigenvalue weighted by atomic mass is 9.92. The van der Waals surface area contributed by atoms with E-state index < -0.39 is 60.5 Å². The molecule has 1 aromatic rings. The van der Waals surface area contributed by atoms with Gasteiger partial charge in [-0.05, 0) is 23.8 Å². The van der Waals surface area contributed by atoms with E-state index in [2.05, 4.69) is 10.3 Å². The van der Waals surface area contributed by atoms with E-state index in [1.54, 1.807) is 0 Å². The van der Waals surface area contributed by atoms with Gasteiger partial charge in [-0.3, -0.25) is 9.59 Å². The molecular weight excluding hydrogens is 444 g/mol. The van der Waals surface area contributed by atoms with E-state index in [0.717, 1.165) is 17.0 Å². The van der Waals surface area contributed by atoms with Crippen LogP contribution < -0.4 is 16.8 Å². The molecule has 11 nitrogen and oxygen atoms in total. The standard InChI is InChI=1S/C20H27F2N5O6/c1-9(29)25-16-13(26-20(23)24)6-15(33-18(16)17(31)14(30)8-28)19(32)27(2)7-10-3-11(21)5-12(22)4-10/h3-6,13-14,16-18,28,30-31H,7-8H2,1-2H3,(H,25,29)(H4,23,24,26)/t13-,14+,16+,17+,18+/m0/s1. The summed E-state index contributed by atoms with van der Waals surface area (Å²) in [4.78, 5) is 29.8. The summed E-state index contributed by atoms with van der Waals surface area (Å²) in [5, 5.41) is 32.1. The molecule has 0 bridgehead atoms. The zero-order valence-electron chi connectivity index (χ0n) is 18.0. The maximum atomic E-state index is 13.5. The van der Waals surface area contributed by atoms with E-state index in [1.807, 2.05) is 0 Å². The van der Waals surface area contributed by atoms with Gasteiger partial charge in [-0.25, -0.2) is 13.8 Å². The van der Waals surface area contributed by atoms with Crippen molar-refractivity contribution in [3.05, 3.63) is 47.2 Å². The predicted octanol–water partition coefficient (Wildman–Crippen LogP) is -1.93. The number of nitrogens with zero attached hydrogens (tertiary/aromatic N) is 2. The van der Waals surface area contributed by atoms with Crippen molar-refractivity contribution in [2.75, 3.05) is 13.7 Å². The number of amides is 2. The highest BCUT2D eigenvalue weighted by molar-refractivity contribution is 5.92. The number of carbonyl (C=O) groups is 2. The van der Waals surface area contributed by atoms with Crippen LogP contribution in [0.3, 0.4) is 0 Å². The largest absolute Gasteiger partial charge is 0.480 e. The van der Waals surface area contributed by atoms with E-state index in [9.17, 15) is 33.7 Å². The Morgan fingerprint density at radius 1 is 1.24 bits per heavy atom. The van der Waals surface area contributed by atoms with Crippen molar-refractivity contribution >= 4 is 17.8 Å². The molecular formula is C20H27F2N5O6. The second-order valence-corrected chi connectivity index (χ2v) is 7.56. The highest BCUT2D eigenvalue weighted by Crippen LogP contribution is 2.26. The minimum Gasteiger partial charge on any atom is -0.480 e. The van der Waals surface area contributed by atoms with Crippen LogP contribution in [0.4, 0.5) is 8.78 Å². The number of aliphatic hydroxyl groups is 3. The minimum atomic E-state index is -1.75. The van der Waals surface area contributed by atoms with Gasteiger partial charge in [0.2, 0.25) is 5.91 Å². The zero-order chi connectivity index (χ0) is 24.9. The fraction of sp³-hybridized carbons (Fsp3) is 0.450. The topological polar surface area (TPSA) is 184 Å². The van der Waals surface area contributed by atoms with Crippen molar-refractivity contribution in [1.29, 1.82) is 0 Å². The number of benzene rings is 1. The van der Waals surface area contributed by atoms with Crippen molar-refractivity contribution in [2.45, 2.75) is 43.9 Å². The third kappa shape index (κ3) is 6.84. The molecule has 13 heteroatoms. The molecule has 0 fully saturated rings. The number of halogens is 2. The van der Waals surface area contributed by atoms with E-state index in [0.29, 0.717) is 6.07 Å². The summed E-state index contributed by atoms with van der Waals surface area (Å²) < 4.78 is 32.6. The number of aliphatic hydroxyl groups excluding tert-OH is 3. The molecule has 1 aliphatic heterocycles. The summed E-state index contributed by atoms with van der Waals surface area (Å²) in [6.07, 6.45) is -3.65. The van der Waals surface area contributed by atoms with Crippen LogP contribution in [0.2, 0.25) is 0 Å². The normalized spacial score (nSPS) is 21.8. The Bertz CT molecular complexity index is 919. The van der Waals surface area contributed by atoms with Gasteiger partial charge in [-0.15, -0.1) is 0 Å². The molecule has 0 radical (unpaired) electrons. The quantitative estimate of drug-likeness (QED) is 0.187. The molecule has 1 aliphatic rings. The van der Waals surface area contributed by atoms with Crippen LogP contribution in [0.15, 0.2) is 35.0 Å². The lowest BCUT2D eigenvalue weighted by Gasteiger charge is -2.39. The third-order valence-electron chi connectivity index (χ3n) is 4.79. The lowest BCUT2D eigenvalue weighted by molar-refractivity contribution is -0.140. The van der Waals surface area contributed by atoms with Crippen molar-refractivity contribution in [1.82, 2.24) is 10.2 Å². The molecule has 182 valence electrons. The van der Waals surface area contributed by atoms with Crippen molar-refractivity contribution < 1.29 is 38.4 Å². The van der Waals surface area contributed by atoms with Crippen molar-refractivity contribution in [3.63, 3.8) is 0 Å². The van der Waals surface area contributed by atoms with E-state index in [4.69, 9.17) is 16.2 Å². The number of likely N-dealkylation sites (N-methyl/N-ethyl adjacent to an activating group) is 1. The number of nitrogens with one attached hydrogen (secondary N) is 1. The first-order chi connectivity index (χ1) is 15.4. The molecule has 33 heavy (non-hydrogen) atoms. The maximum absolute atomic E-state index is 13.5. The maximum Gasteiger partial charge on any atom is 0.288 e. The molecule has 0 aliphatic carbocycles. The smallest absolute Gasteiger partial charge is 0.288 e. The van der Waals surface area contributed by atoms with Crippen molar-refractivity contribution in [2.24, 2.45) is 16.5 Å². The Labute approximate surface area is 188 Å². The average Bonchev–Trinajstić information content (AvgIpc) is 2.71. The van der Waals surface area contributed by atoms with Gasteiger partial charge in [0.15, 0.2) is 11.7 Å². The summed E-state index contributed by atoms with van der Waals surface area (Å²) >= 11 is 0. The number of carbonyl (C=O) groups excluding carboxylic acids is 2. The van der Waals surface area contributed by atoms with Gasteiger partial charge < -0.3 is 41.7 Å². The molecule has 0 saturated heterocycles. The number of ether oxygens (including phenoxy) is 1. The minimum absolute atomic E-state index is 0.170. The molecule has 2 rings (SSSR count). The average molecular weight is 471 g/mol. The van der Waals surface area contributed by atoms with Gasteiger partial charge >= 0.3 is 0 Å². The monoisotopic (exact) mass is 471 g/mol. The molecule has 0 spiro atoms.